The number of amides is 1. The third-order valence-corrected chi connectivity index (χ3v) is 4.96. The second-order valence-electron chi connectivity index (χ2n) is 4.61. The van der Waals surface area contributed by atoms with Gasteiger partial charge in [0.05, 0.1) is 21.5 Å². The zero-order chi connectivity index (χ0) is 15.0. The van der Waals surface area contributed by atoms with Crippen LogP contribution in [0.25, 0.3) is 10.1 Å². The number of carbonyl (C=O) groups is 1. The Morgan fingerprint density at radius 1 is 1.29 bits per heavy atom. The lowest BCUT2D eigenvalue weighted by molar-refractivity contribution is 0.100. The van der Waals surface area contributed by atoms with E-state index in [9.17, 15) is 4.79 Å². The number of nitrogens with two attached hydrogens (primary N) is 1. The van der Waals surface area contributed by atoms with Gasteiger partial charge in [0.2, 0.25) is 0 Å². The number of halogens is 1. The molecule has 3 N–H and O–H groups in total. The molecule has 4 nitrogen and oxygen atoms in total. The fraction of sp³-hybridized carbons (Fsp3) is 0.0667. The molecule has 3 aromatic rings. The third-order valence-electron chi connectivity index (χ3n) is 3.19. The molecular formula is C15H12BrN3OS. The van der Waals surface area contributed by atoms with Crippen molar-refractivity contribution in [3.63, 3.8) is 0 Å². The number of aromatic nitrogens is 1. The minimum Gasteiger partial charge on any atom is -0.365 e. The molecule has 106 valence electrons. The van der Waals surface area contributed by atoms with Gasteiger partial charge in [-0.25, -0.2) is 0 Å². The Labute approximate surface area is 134 Å². The summed E-state index contributed by atoms with van der Waals surface area (Å²) in [6, 6.07) is 7.87. The van der Waals surface area contributed by atoms with E-state index in [1.807, 2.05) is 31.2 Å². The van der Waals surface area contributed by atoms with Crippen LogP contribution in [-0.2, 0) is 0 Å². The summed E-state index contributed by atoms with van der Waals surface area (Å²) in [5.74, 6) is -0.400. The summed E-state index contributed by atoms with van der Waals surface area (Å²) in [6.45, 7) is 1.91. The lowest BCUT2D eigenvalue weighted by atomic mass is 10.1. The van der Waals surface area contributed by atoms with E-state index in [2.05, 4.69) is 26.2 Å². The molecule has 1 aromatic carbocycles. The van der Waals surface area contributed by atoms with Crippen LogP contribution >= 0.6 is 27.3 Å². The molecule has 2 aromatic heterocycles. The highest BCUT2D eigenvalue weighted by Crippen LogP contribution is 2.36. The number of nitrogens with one attached hydrogen (secondary N) is 1. The van der Waals surface area contributed by atoms with Gasteiger partial charge in [0, 0.05) is 21.7 Å². The van der Waals surface area contributed by atoms with E-state index >= 15 is 0 Å². The number of hydrogen-bond acceptors (Lipinski definition) is 4. The van der Waals surface area contributed by atoms with E-state index in [0.29, 0.717) is 4.88 Å². The lowest BCUT2D eigenvalue weighted by Crippen LogP contribution is -2.09. The molecular weight excluding hydrogens is 350 g/mol. The van der Waals surface area contributed by atoms with Crippen molar-refractivity contribution in [1.29, 1.82) is 0 Å². The van der Waals surface area contributed by atoms with Gasteiger partial charge in [-0.2, -0.15) is 0 Å². The maximum atomic E-state index is 11.5. The van der Waals surface area contributed by atoms with Gasteiger partial charge in [0.15, 0.2) is 0 Å². The van der Waals surface area contributed by atoms with E-state index in [1.54, 1.807) is 12.4 Å². The Morgan fingerprint density at radius 2 is 2.00 bits per heavy atom. The van der Waals surface area contributed by atoms with Crippen LogP contribution in [0.3, 0.4) is 0 Å². The number of pyridine rings is 1. The number of carbonyl (C=O) groups excluding carboxylic acids is 1. The summed E-state index contributed by atoms with van der Waals surface area (Å²) in [5, 5.41) is 4.33. The molecule has 3 rings (SSSR count). The van der Waals surface area contributed by atoms with E-state index in [0.717, 1.165) is 31.5 Å². The summed E-state index contributed by atoms with van der Waals surface area (Å²) in [4.78, 5) is 16.3. The van der Waals surface area contributed by atoms with Crippen LogP contribution < -0.4 is 11.1 Å². The molecule has 0 aliphatic heterocycles. The maximum absolute atomic E-state index is 11.5. The Bertz CT molecular complexity index is 827. The number of primary amides is 1. The van der Waals surface area contributed by atoms with E-state index < -0.39 is 5.91 Å². The summed E-state index contributed by atoms with van der Waals surface area (Å²) in [7, 11) is 0. The van der Waals surface area contributed by atoms with Gasteiger partial charge in [0.25, 0.3) is 5.91 Å². The fourth-order valence-electron chi connectivity index (χ4n) is 2.22. The largest absolute Gasteiger partial charge is 0.365 e. The van der Waals surface area contributed by atoms with Gasteiger partial charge >= 0.3 is 0 Å². The Hall–Kier alpha value is -1.92. The lowest BCUT2D eigenvalue weighted by Gasteiger charge is -2.08. The fourth-order valence-corrected chi connectivity index (χ4v) is 3.54. The van der Waals surface area contributed by atoms with Crippen molar-refractivity contribution in [2.45, 2.75) is 6.92 Å². The molecule has 0 saturated carbocycles. The first-order valence-electron chi connectivity index (χ1n) is 6.26. The monoisotopic (exact) mass is 361 g/mol. The Morgan fingerprint density at radius 3 is 2.67 bits per heavy atom. The topological polar surface area (TPSA) is 68.0 Å². The number of benzene rings is 1. The normalized spacial score (nSPS) is 10.8. The highest BCUT2D eigenvalue weighted by molar-refractivity contribution is 9.10. The molecule has 0 bridgehead atoms. The predicted octanol–water partition coefficient (Wildman–Crippen LogP) is 4.21. The highest BCUT2D eigenvalue weighted by Gasteiger charge is 2.16. The summed E-state index contributed by atoms with van der Waals surface area (Å²) in [6.07, 6.45) is 3.51. The number of thiophene rings is 1. The van der Waals surface area contributed by atoms with Gasteiger partial charge in [-0.15, -0.1) is 11.3 Å². The number of hydrogen-bond donors (Lipinski definition) is 2. The van der Waals surface area contributed by atoms with Crippen molar-refractivity contribution in [2.75, 3.05) is 5.32 Å². The van der Waals surface area contributed by atoms with Crippen molar-refractivity contribution in [3.8, 4) is 0 Å². The van der Waals surface area contributed by atoms with Crippen LogP contribution in [0.2, 0.25) is 0 Å². The zero-order valence-electron chi connectivity index (χ0n) is 11.2. The van der Waals surface area contributed by atoms with E-state index in [4.69, 9.17) is 5.73 Å². The average Bonchev–Trinajstić information content (AvgIpc) is 2.80. The molecule has 0 spiro atoms. The first-order valence-corrected chi connectivity index (χ1v) is 7.86. The molecule has 21 heavy (non-hydrogen) atoms. The van der Waals surface area contributed by atoms with Crippen molar-refractivity contribution in [1.82, 2.24) is 4.98 Å². The standard InChI is InChI=1S/C15H12BrN3OS/c1-8-13-11(19-10-4-2-9(16)3-5-10)6-18-7-12(13)21-14(8)15(17)20/h2-7,19H,1H3,(H2,17,20). The number of anilines is 2. The molecule has 2 heterocycles. The van der Waals surface area contributed by atoms with Gasteiger partial charge in [-0.05, 0) is 36.8 Å². The van der Waals surface area contributed by atoms with E-state index in [1.165, 1.54) is 11.3 Å². The van der Waals surface area contributed by atoms with Crippen LogP contribution in [0.5, 0.6) is 0 Å². The molecule has 0 fully saturated rings. The minimum atomic E-state index is -0.400. The first-order chi connectivity index (χ1) is 10.1. The van der Waals surface area contributed by atoms with Gasteiger partial charge in [-0.3, -0.25) is 9.78 Å². The predicted molar refractivity (Wildman–Crippen MR) is 90.3 cm³/mol. The van der Waals surface area contributed by atoms with Crippen molar-refractivity contribution in [3.05, 3.63) is 51.6 Å². The third kappa shape index (κ3) is 2.64. The molecule has 0 unspecified atom stereocenters. The first kappa shape index (κ1) is 14.0. The maximum Gasteiger partial charge on any atom is 0.259 e. The molecule has 0 radical (unpaired) electrons. The molecule has 0 saturated heterocycles. The van der Waals surface area contributed by atoms with Crippen molar-refractivity contribution < 1.29 is 4.79 Å². The van der Waals surface area contributed by atoms with Gasteiger partial charge < -0.3 is 11.1 Å². The van der Waals surface area contributed by atoms with Crippen LogP contribution in [0, 0.1) is 6.92 Å². The SMILES string of the molecule is Cc1c(C(N)=O)sc2cncc(Nc3ccc(Br)cc3)c12. The molecule has 0 aliphatic carbocycles. The second-order valence-corrected chi connectivity index (χ2v) is 6.58. The van der Waals surface area contributed by atoms with Crippen molar-refractivity contribution in [2.24, 2.45) is 5.73 Å². The Balaban J connectivity index is 2.10. The quantitative estimate of drug-likeness (QED) is 0.733. The summed E-state index contributed by atoms with van der Waals surface area (Å²) < 4.78 is 1.97. The van der Waals surface area contributed by atoms with Crippen molar-refractivity contribution >= 4 is 54.6 Å². The molecule has 0 aliphatic rings. The van der Waals surface area contributed by atoms with Gasteiger partial charge in [0.1, 0.15) is 0 Å². The number of nitrogens with zero attached hydrogens (tertiary/aromatic N) is 1. The molecule has 6 heteroatoms. The van der Waals surface area contributed by atoms with Crippen LogP contribution in [-0.4, -0.2) is 10.9 Å². The van der Waals surface area contributed by atoms with E-state index in [-0.39, 0.29) is 0 Å². The highest BCUT2D eigenvalue weighted by atomic mass is 79.9. The number of fused-ring (bicyclic) bond motifs is 1. The number of rotatable bonds is 3. The zero-order valence-corrected chi connectivity index (χ0v) is 13.6. The minimum absolute atomic E-state index is 0.400. The molecule has 1 amide bonds. The number of aryl methyl sites for hydroxylation is 1. The van der Waals surface area contributed by atoms with Gasteiger partial charge in [-0.1, -0.05) is 15.9 Å². The summed E-state index contributed by atoms with van der Waals surface area (Å²) in [5.41, 5.74) is 8.14. The Kier molecular flexibility index (Phi) is 3.65. The second kappa shape index (κ2) is 5.46. The van der Waals surface area contributed by atoms with Crippen LogP contribution in [0.4, 0.5) is 11.4 Å². The van der Waals surface area contributed by atoms with Crippen LogP contribution in [0.15, 0.2) is 41.1 Å². The summed E-state index contributed by atoms with van der Waals surface area (Å²) >= 11 is 4.79. The van der Waals surface area contributed by atoms with Crippen LogP contribution in [0.1, 0.15) is 15.2 Å². The smallest absolute Gasteiger partial charge is 0.259 e. The molecule has 0 atom stereocenters. The average molecular weight is 362 g/mol.